The third-order valence-corrected chi connectivity index (χ3v) is 5.47. The van der Waals surface area contributed by atoms with Crippen LogP contribution in [0.15, 0.2) is 24.3 Å². The lowest BCUT2D eigenvalue weighted by Gasteiger charge is -2.58. The first-order chi connectivity index (χ1) is 13.4. The molecule has 0 bridgehead atoms. The first-order valence-corrected chi connectivity index (χ1v) is 10.1. The highest BCUT2D eigenvalue weighted by molar-refractivity contribution is 6.30. The van der Waals surface area contributed by atoms with E-state index in [0.29, 0.717) is 5.02 Å². The molecule has 2 aliphatic rings. The number of hydrogen-bond donors (Lipinski definition) is 0. The van der Waals surface area contributed by atoms with Crippen molar-refractivity contribution in [2.24, 2.45) is 0 Å². The van der Waals surface area contributed by atoms with Gasteiger partial charge in [-0.25, -0.2) is 4.79 Å². The van der Waals surface area contributed by atoms with E-state index in [-0.39, 0.29) is 44.0 Å². The summed E-state index contributed by atoms with van der Waals surface area (Å²) in [6.45, 7) is 9.74. The van der Waals surface area contributed by atoms with Crippen LogP contribution in [-0.2, 0) is 20.9 Å². The van der Waals surface area contributed by atoms with E-state index in [1.807, 2.05) is 26.0 Å². The number of amides is 3. The number of ether oxygens (including phenoxy) is 1. The molecule has 0 radical (unpaired) electrons. The molecule has 0 N–H and O–H groups in total. The highest BCUT2D eigenvalue weighted by atomic mass is 35.5. The fourth-order valence-electron chi connectivity index (χ4n) is 3.70. The van der Waals surface area contributed by atoms with E-state index in [9.17, 15) is 14.4 Å². The molecule has 0 aliphatic carbocycles. The molecule has 2 fully saturated rings. The summed E-state index contributed by atoms with van der Waals surface area (Å²) in [5.74, 6) is -0.252. The molecule has 3 rings (SSSR count). The lowest BCUT2D eigenvalue weighted by atomic mass is 9.83. The van der Waals surface area contributed by atoms with Crippen molar-refractivity contribution in [2.75, 3.05) is 19.6 Å². The van der Waals surface area contributed by atoms with Crippen molar-refractivity contribution >= 4 is 29.5 Å². The van der Waals surface area contributed by atoms with Crippen LogP contribution in [0.3, 0.4) is 0 Å². The summed E-state index contributed by atoms with van der Waals surface area (Å²) < 4.78 is 5.42. The molecule has 0 unspecified atom stereocenters. The molecule has 2 aliphatic heterocycles. The third kappa shape index (κ3) is 4.20. The van der Waals surface area contributed by atoms with E-state index in [1.165, 1.54) is 4.90 Å². The second-order valence-electron chi connectivity index (χ2n) is 9.00. The largest absolute Gasteiger partial charge is 0.444 e. The van der Waals surface area contributed by atoms with Gasteiger partial charge in [0.05, 0.1) is 13.1 Å². The van der Waals surface area contributed by atoms with Crippen molar-refractivity contribution in [1.29, 1.82) is 0 Å². The van der Waals surface area contributed by atoms with Gasteiger partial charge in [0.2, 0.25) is 5.91 Å². The van der Waals surface area contributed by atoms with Crippen LogP contribution in [-0.4, -0.2) is 69.4 Å². The molecule has 0 atom stereocenters. The molecule has 1 spiro atoms. The average molecular weight is 422 g/mol. The molecule has 29 heavy (non-hydrogen) atoms. The summed E-state index contributed by atoms with van der Waals surface area (Å²) in [6.07, 6.45) is -0.475. The van der Waals surface area contributed by atoms with Crippen LogP contribution in [0.2, 0.25) is 5.02 Å². The molecule has 0 aromatic heterocycles. The molecule has 158 valence electrons. The Labute approximate surface area is 176 Å². The Bertz CT molecular complexity index is 810. The topological polar surface area (TPSA) is 70.2 Å². The van der Waals surface area contributed by atoms with Gasteiger partial charge >= 0.3 is 6.09 Å². The van der Waals surface area contributed by atoms with E-state index >= 15 is 0 Å². The number of likely N-dealkylation sites (tertiary alicyclic amines) is 1. The monoisotopic (exact) mass is 421 g/mol. The minimum absolute atomic E-state index is 0.0400. The molecule has 7 nitrogen and oxygen atoms in total. The van der Waals surface area contributed by atoms with Crippen molar-refractivity contribution in [3.63, 3.8) is 0 Å². The van der Waals surface area contributed by atoms with Crippen molar-refractivity contribution in [3.8, 4) is 0 Å². The molecule has 3 amide bonds. The van der Waals surface area contributed by atoms with Crippen molar-refractivity contribution in [2.45, 2.75) is 58.3 Å². The Morgan fingerprint density at radius 1 is 1.17 bits per heavy atom. The second-order valence-corrected chi connectivity index (χ2v) is 9.44. The maximum absolute atomic E-state index is 13.4. The summed E-state index contributed by atoms with van der Waals surface area (Å²) in [5, 5.41) is 0.607. The smallest absolute Gasteiger partial charge is 0.410 e. The predicted molar refractivity (Wildman–Crippen MR) is 109 cm³/mol. The van der Waals surface area contributed by atoms with E-state index in [4.69, 9.17) is 16.3 Å². The average Bonchev–Trinajstić information content (AvgIpc) is 2.56. The number of nitrogens with zero attached hydrogens (tertiary/aromatic N) is 3. The van der Waals surface area contributed by atoms with Gasteiger partial charge in [0.25, 0.3) is 5.91 Å². The standard InChI is InChI=1S/C21H28ClN3O4/c1-14(2)24-11-17(26)25(10-15-6-8-16(22)9-7-15)21(18(24)27)12-23(13-21)19(28)29-20(3,4)5/h6-9,14H,10-13H2,1-5H3. The maximum Gasteiger partial charge on any atom is 0.410 e. The fraction of sp³-hybridized carbons (Fsp3) is 0.571. The van der Waals surface area contributed by atoms with Crippen LogP contribution in [0.25, 0.3) is 0 Å². The first kappa shape index (κ1) is 21.4. The molecule has 0 saturated carbocycles. The Morgan fingerprint density at radius 2 is 1.76 bits per heavy atom. The number of piperazine rings is 1. The quantitative estimate of drug-likeness (QED) is 0.752. The second kappa shape index (κ2) is 7.52. The number of halogens is 1. The van der Waals surface area contributed by atoms with Crippen LogP contribution < -0.4 is 0 Å². The summed E-state index contributed by atoms with van der Waals surface area (Å²) in [5.41, 5.74) is -0.807. The summed E-state index contributed by atoms with van der Waals surface area (Å²) in [6, 6.07) is 7.10. The zero-order valence-electron chi connectivity index (χ0n) is 17.6. The number of hydrogen-bond acceptors (Lipinski definition) is 4. The van der Waals surface area contributed by atoms with Crippen LogP contribution in [0.4, 0.5) is 4.79 Å². The number of carbonyl (C=O) groups is 3. The molecule has 1 aromatic carbocycles. The third-order valence-electron chi connectivity index (χ3n) is 5.22. The highest BCUT2D eigenvalue weighted by Crippen LogP contribution is 2.36. The SMILES string of the molecule is CC(C)N1CC(=O)N(Cc2ccc(Cl)cc2)C2(CN(C(=O)OC(C)(C)C)C2)C1=O. The Hall–Kier alpha value is -2.28. The van der Waals surface area contributed by atoms with E-state index < -0.39 is 17.2 Å². The minimum Gasteiger partial charge on any atom is -0.444 e. The van der Waals surface area contributed by atoms with Gasteiger partial charge in [-0.1, -0.05) is 23.7 Å². The van der Waals surface area contributed by atoms with Gasteiger partial charge < -0.3 is 19.4 Å². The molecule has 1 aromatic rings. The zero-order chi connectivity index (χ0) is 21.6. The molecular weight excluding hydrogens is 394 g/mol. The van der Waals surface area contributed by atoms with Gasteiger partial charge in [0.1, 0.15) is 12.1 Å². The van der Waals surface area contributed by atoms with Crippen LogP contribution >= 0.6 is 11.6 Å². The van der Waals surface area contributed by atoms with E-state index in [0.717, 1.165) is 5.56 Å². The highest BCUT2D eigenvalue weighted by Gasteiger charge is 2.61. The first-order valence-electron chi connectivity index (χ1n) is 9.77. The lowest BCUT2D eigenvalue weighted by molar-refractivity contribution is -0.180. The molecule has 8 heteroatoms. The van der Waals surface area contributed by atoms with Gasteiger partial charge in [0.15, 0.2) is 5.54 Å². The van der Waals surface area contributed by atoms with Crippen LogP contribution in [0, 0.1) is 0 Å². The van der Waals surface area contributed by atoms with E-state index in [1.54, 1.807) is 42.7 Å². The maximum atomic E-state index is 13.4. The summed E-state index contributed by atoms with van der Waals surface area (Å²) in [7, 11) is 0. The van der Waals surface area contributed by atoms with Crippen molar-refractivity contribution < 1.29 is 19.1 Å². The Morgan fingerprint density at radius 3 is 2.28 bits per heavy atom. The van der Waals surface area contributed by atoms with Gasteiger partial charge in [-0.15, -0.1) is 0 Å². The Kier molecular flexibility index (Phi) is 5.56. The van der Waals surface area contributed by atoms with Gasteiger partial charge in [-0.2, -0.15) is 0 Å². The van der Waals surface area contributed by atoms with Gasteiger partial charge in [0, 0.05) is 17.6 Å². The van der Waals surface area contributed by atoms with Gasteiger partial charge in [-0.05, 0) is 52.3 Å². The number of rotatable bonds is 3. The lowest BCUT2D eigenvalue weighted by Crippen LogP contribution is -2.81. The minimum atomic E-state index is -1.06. The predicted octanol–water partition coefficient (Wildman–Crippen LogP) is 2.91. The fourth-order valence-corrected chi connectivity index (χ4v) is 3.83. The number of benzene rings is 1. The van der Waals surface area contributed by atoms with Crippen molar-refractivity contribution in [1.82, 2.24) is 14.7 Å². The van der Waals surface area contributed by atoms with Crippen LogP contribution in [0.5, 0.6) is 0 Å². The normalized spacial score (nSPS) is 19.1. The van der Waals surface area contributed by atoms with E-state index in [2.05, 4.69) is 0 Å². The summed E-state index contributed by atoms with van der Waals surface area (Å²) in [4.78, 5) is 43.5. The summed E-state index contributed by atoms with van der Waals surface area (Å²) >= 11 is 5.96. The molecule has 2 heterocycles. The zero-order valence-corrected chi connectivity index (χ0v) is 18.3. The molecular formula is C21H28ClN3O4. The van der Waals surface area contributed by atoms with Crippen molar-refractivity contribution in [3.05, 3.63) is 34.9 Å². The number of carbonyl (C=O) groups excluding carboxylic acids is 3. The molecule has 2 saturated heterocycles. The Balaban J connectivity index is 1.86. The van der Waals surface area contributed by atoms with Gasteiger partial charge in [-0.3, -0.25) is 9.59 Å². The van der Waals surface area contributed by atoms with Crippen LogP contribution in [0.1, 0.15) is 40.2 Å².